The molecule has 0 radical (unpaired) electrons. The number of ether oxygens (including phenoxy) is 1. The lowest BCUT2D eigenvalue weighted by Gasteiger charge is -2.36. The Balaban J connectivity index is 1.50. The molecule has 30 heavy (non-hydrogen) atoms. The molecular formula is C23H30FN3O3. The second kappa shape index (κ2) is 9.98. The first-order valence-electron chi connectivity index (χ1n) is 10.6. The molecule has 1 fully saturated rings. The zero-order chi connectivity index (χ0) is 21.6. The molecule has 0 amide bonds. The second-order valence-corrected chi connectivity index (χ2v) is 8.00. The number of benzene rings is 1. The number of rotatable bonds is 9. The summed E-state index contributed by atoms with van der Waals surface area (Å²) in [7, 11) is 0. The largest absolute Gasteiger partial charge is 0.478 e. The molecule has 0 saturated carbocycles. The summed E-state index contributed by atoms with van der Waals surface area (Å²) < 4.78 is 20.4. The fraction of sp³-hybridized carbons (Fsp3) is 0.522. The van der Waals surface area contributed by atoms with Crippen molar-refractivity contribution in [3.8, 4) is 17.1 Å². The van der Waals surface area contributed by atoms with E-state index >= 15 is 0 Å². The minimum absolute atomic E-state index is 0.190. The van der Waals surface area contributed by atoms with Crippen molar-refractivity contribution in [2.75, 3.05) is 26.2 Å². The first kappa shape index (κ1) is 22.2. The molecule has 7 heteroatoms. The van der Waals surface area contributed by atoms with Crippen molar-refractivity contribution in [1.29, 1.82) is 0 Å². The van der Waals surface area contributed by atoms with Crippen molar-refractivity contribution in [1.82, 2.24) is 15.1 Å². The zero-order valence-corrected chi connectivity index (χ0v) is 17.7. The highest BCUT2D eigenvalue weighted by Gasteiger charge is 2.30. The van der Waals surface area contributed by atoms with Gasteiger partial charge in [0.25, 0.3) is 0 Å². The van der Waals surface area contributed by atoms with Crippen molar-refractivity contribution >= 4 is 5.97 Å². The van der Waals surface area contributed by atoms with E-state index in [2.05, 4.69) is 15.1 Å². The number of nitrogens with zero attached hydrogens (tertiary/aromatic N) is 3. The molecule has 2 heterocycles. The van der Waals surface area contributed by atoms with Gasteiger partial charge in [0.1, 0.15) is 5.67 Å². The fourth-order valence-electron chi connectivity index (χ4n) is 3.82. The highest BCUT2D eigenvalue weighted by molar-refractivity contribution is 5.95. The van der Waals surface area contributed by atoms with Crippen LogP contribution in [0.25, 0.3) is 11.3 Å². The molecule has 0 aliphatic carbocycles. The van der Waals surface area contributed by atoms with Crippen LogP contribution < -0.4 is 4.74 Å². The summed E-state index contributed by atoms with van der Waals surface area (Å²) in [4.78, 5) is 13.6. The maximum atomic E-state index is 14.6. The predicted molar refractivity (Wildman–Crippen MR) is 114 cm³/mol. The number of alkyl halides is 1. The van der Waals surface area contributed by atoms with E-state index in [1.54, 1.807) is 36.4 Å². The molecule has 6 nitrogen and oxygen atoms in total. The first-order chi connectivity index (χ1) is 14.4. The molecule has 162 valence electrons. The number of carboxylic acids is 1. The number of carboxylic acid groups (broad SMARTS) is 1. The summed E-state index contributed by atoms with van der Waals surface area (Å²) in [5, 5.41) is 17.6. The standard InChI is InChI=1S/C23H30FN3O3/c1-3-23(24,4-2)16-27-13-11-17(12-14-27)15-30-21-10-9-20(25-26-21)18-7-5-6-8-19(18)22(28)29/h5-10,17H,3-4,11-16H2,1-2H3,(H,28,29). The monoisotopic (exact) mass is 415 g/mol. The number of likely N-dealkylation sites (tertiary alicyclic amines) is 1. The summed E-state index contributed by atoms with van der Waals surface area (Å²) in [6.45, 7) is 6.66. The summed E-state index contributed by atoms with van der Waals surface area (Å²) in [6.07, 6.45) is 3.05. The smallest absolute Gasteiger partial charge is 0.336 e. The van der Waals surface area contributed by atoms with Gasteiger partial charge in [0.2, 0.25) is 5.88 Å². The Morgan fingerprint density at radius 1 is 1.17 bits per heavy atom. The van der Waals surface area contributed by atoms with Crippen LogP contribution in [0.4, 0.5) is 4.39 Å². The Labute approximate surface area is 177 Å². The van der Waals surface area contributed by atoms with Gasteiger partial charge < -0.3 is 14.7 Å². The van der Waals surface area contributed by atoms with Gasteiger partial charge >= 0.3 is 5.97 Å². The molecule has 1 aromatic heterocycles. The number of aromatic carboxylic acids is 1. The van der Waals surface area contributed by atoms with Gasteiger partial charge in [0.15, 0.2) is 0 Å². The molecule has 3 rings (SSSR count). The van der Waals surface area contributed by atoms with E-state index < -0.39 is 11.6 Å². The van der Waals surface area contributed by atoms with Crippen LogP contribution in [0.3, 0.4) is 0 Å². The van der Waals surface area contributed by atoms with Gasteiger partial charge in [-0.05, 0) is 56.8 Å². The molecule has 1 aliphatic rings. The summed E-state index contributed by atoms with van der Waals surface area (Å²) in [5.74, 6) is -0.164. The minimum Gasteiger partial charge on any atom is -0.478 e. The Morgan fingerprint density at radius 3 is 2.47 bits per heavy atom. The minimum atomic E-state index is -1.08. The third-order valence-corrected chi connectivity index (χ3v) is 6.02. The highest BCUT2D eigenvalue weighted by Crippen LogP contribution is 2.26. The number of hydrogen-bond donors (Lipinski definition) is 1. The lowest BCUT2D eigenvalue weighted by Crippen LogP contribution is -2.44. The molecule has 0 atom stereocenters. The number of piperidine rings is 1. The topological polar surface area (TPSA) is 75.5 Å². The number of hydrogen-bond acceptors (Lipinski definition) is 5. The Kier molecular flexibility index (Phi) is 7.37. The van der Waals surface area contributed by atoms with E-state index in [0.717, 1.165) is 25.9 Å². The highest BCUT2D eigenvalue weighted by atomic mass is 19.1. The van der Waals surface area contributed by atoms with Crippen LogP contribution in [0.2, 0.25) is 0 Å². The summed E-state index contributed by atoms with van der Waals surface area (Å²) >= 11 is 0. The van der Waals surface area contributed by atoms with Gasteiger partial charge in [0, 0.05) is 18.2 Å². The van der Waals surface area contributed by atoms with E-state index in [-0.39, 0.29) is 5.56 Å². The normalized spacial score (nSPS) is 15.8. The van der Waals surface area contributed by atoms with Crippen LogP contribution in [0.1, 0.15) is 49.9 Å². The van der Waals surface area contributed by atoms with Gasteiger partial charge in [-0.3, -0.25) is 0 Å². The van der Waals surface area contributed by atoms with Crippen LogP contribution >= 0.6 is 0 Å². The molecule has 0 unspecified atom stereocenters. The molecule has 1 saturated heterocycles. The maximum absolute atomic E-state index is 14.6. The predicted octanol–water partition coefficient (Wildman–Crippen LogP) is 4.46. The lowest BCUT2D eigenvalue weighted by molar-refractivity contribution is 0.0564. The van der Waals surface area contributed by atoms with Gasteiger partial charge in [-0.25, -0.2) is 9.18 Å². The lowest BCUT2D eigenvalue weighted by atomic mass is 9.94. The van der Waals surface area contributed by atoms with Crippen LogP contribution in [0, 0.1) is 5.92 Å². The third-order valence-electron chi connectivity index (χ3n) is 6.02. The van der Waals surface area contributed by atoms with Gasteiger partial charge in [-0.15, -0.1) is 10.2 Å². The summed E-state index contributed by atoms with van der Waals surface area (Å²) in [6, 6.07) is 10.2. The Bertz CT molecular complexity index is 832. The van der Waals surface area contributed by atoms with Gasteiger partial charge in [-0.2, -0.15) is 0 Å². The summed E-state index contributed by atoms with van der Waals surface area (Å²) in [5.41, 5.74) is 0.130. The van der Waals surface area contributed by atoms with Crippen LogP contribution in [0.5, 0.6) is 5.88 Å². The van der Waals surface area contributed by atoms with Crippen LogP contribution in [-0.4, -0.2) is 58.1 Å². The Hall–Kier alpha value is -2.54. The molecule has 1 aliphatic heterocycles. The molecule has 1 N–H and O–H groups in total. The van der Waals surface area contributed by atoms with E-state index in [0.29, 0.717) is 49.0 Å². The molecule has 2 aromatic rings. The fourth-order valence-corrected chi connectivity index (χ4v) is 3.82. The van der Waals surface area contributed by atoms with E-state index in [9.17, 15) is 14.3 Å². The second-order valence-electron chi connectivity index (χ2n) is 8.00. The quantitative estimate of drug-likeness (QED) is 0.652. The van der Waals surface area contributed by atoms with Crippen LogP contribution in [-0.2, 0) is 0 Å². The third kappa shape index (κ3) is 5.53. The van der Waals surface area contributed by atoms with Crippen molar-refractivity contribution in [3.63, 3.8) is 0 Å². The molecule has 0 bridgehead atoms. The van der Waals surface area contributed by atoms with E-state index in [4.69, 9.17) is 4.74 Å². The molecule has 1 aromatic carbocycles. The van der Waals surface area contributed by atoms with Crippen LogP contribution in [0.15, 0.2) is 36.4 Å². The van der Waals surface area contributed by atoms with Crippen molar-refractivity contribution in [2.45, 2.75) is 45.2 Å². The van der Waals surface area contributed by atoms with Gasteiger partial charge in [-0.1, -0.05) is 32.0 Å². The molecular weight excluding hydrogens is 385 g/mol. The number of aromatic nitrogens is 2. The van der Waals surface area contributed by atoms with E-state index in [1.165, 1.54) is 0 Å². The molecule has 0 spiro atoms. The number of carbonyl (C=O) groups is 1. The first-order valence-corrected chi connectivity index (χ1v) is 10.6. The zero-order valence-electron chi connectivity index (χ0n) is 17.7. The Morgan fingerprint density at radius 2 is 1.87 bits per heavy atom. The SMILES string of the molecule is CCC(F)(CC)CN1CCC(COc2ccc(-c3ccccc3C(=O)O)nn2)CC1. The van der Waals surface area contributed by atoms with Gasteiger partial charge in [0.05, 0.1) is 17.9 Å². The van der Waals surface area contributed by atoms with Crippen molar-refractivity contribution in [3.05, 3.63) is 42.0 Å². The van der Waals surface area contributed by atoms with Crippen molar-refractivity contribution < 1.29 is 19.0 Å². The average Bonchev–Trinajstić information content (AvgIpc) is 2.79. The maximum Gasteiger partial charge on any atom is 0.336 e. The average molecular weight is 416 g/mol. The van der Waals surface area contributed by atoms with E-state index in [1.807, 2.05) is 13.8 Å². The number of halogens is 1. The van der Waals surface area contributed by atoms with Crippen molar-refractivity contribution in [2.24, 2.45) is 5.92 Å².